The number of carbonyl (C=O) groups is 3. The van der Waals surface area contributed by atoms with Gasteiger partial charge in [0.25, 0.3) is 5.91 Å². The second-order valence-electron chi connectivity index (χ2n) is 10.3. The van der Waals surface area contributed by atoms with Crippen LogP contribution in [0, 0.1) is 11.8 Å². The molecule has 1 aliphatic heterocycles. The maximum Gasteiger partial charge on any atom is 0.255 e. The molecule has 37 heavy (non-hydrogen) atoms. The Kier molecular flexibility index (Phi) is 6.14. The highest BCUT2D eigenvalue weighted by Crippen LogP contribution is 2.54. The molecule has 4 atom stereocenters. The normalized spacial score (nSPS) is 30.0. The molecule has 2 fully saturated rings. The number of hydroxylamine groups is 2. The quantitative estimate of drug-likeness (QED) is 0.413. The van der Waals surface area contributed by atoms with Crippen molar-refractivity contribution in [3.05, 3.63) is 45.7 Å². The molecule has 198 valence electrons. The molecule has 1 heterocycles. The fourth-order valence-electron chi connectivity index (χ4n) is 6.59. The van der Waals surface area contributed by atoms with E-state index in [0.29, 0.717) is 25.1 Å². The van der Waals surface area contributed by atoms with Crippen LogP contribution in [0.3, 0.4) is 0 Å². The number of aliphatic hydroxyl groups excluding tert-OH is 2. The first-order chi connectivity index (χ1) is 17.5. The van der Waals surface area contributed by atoms with E-state index in [2.05, 4.69) is 0 Å². The maximum absolute atomic E-state index is 14.2. The lowest BCUT2D eigenvalue weighted by Gasteiger charge is -2.52. The summed E-state index contributed by atoms with van der Waals surface area (Å²) in [6.07, 6.45) is 1.41. The lowest BCUT2D eigenvalue weighted by Crippen LogP contribution is -2.66. The number of rotatable bonds is 5. The van der Waals surface area contributed by atoms with E-state index in [1.165, 1.54) is 13.2 Å². The fourth-order valence-corrected chi connectivity index (χ4v) is 6.59. The number of ketones is 2. The first kappa shape index (κ1) is 25.4. The van der Waals surface area contributed by atoms with Gasteiger partial charge in [-0.15, -0.1) is 0 Å². The summed E-state index contributed by atoms with van der Waals surface area (Å²) in [5, 5.41) is 35.1. The number of primary amides is 1. The van der Waals surface area contributed by atoms with Gasteiger partial charge < -0.3 is 25.8 Å². The topological polar surface area (TPSA) is 163 Å². The van der Waals surface area contributed by atoms with Crippen LogP contribution in [0.1, 0.15) is 29.5 Å². The number of ether oxygens (including phenoxy) is 1. The molecule has 0 unspecified atom stereocenters. The number of carbonyl (C=O) groups excluding carboxylic acids is 3. The number of nitrogens with two attached hydrogens (primary N) is 1. The van der Waals surface area contributed by atoms with Crippen LogP contribution in [-0.2, 0) is 36.9 Å². The van der Waals surface area contributed by atoms with E-state index in [-0.39, 0.29) is 23.3 Å². The van der Waals surface area contributed by atoms with Crippen molar-refractivity contribution in [3.63, 3.8) is 0 Å². The number of likely N-dealkylation sites (N-methyl/N-ethyl adjacent to an activating group) is 1. The van der Waals surface area contributed by atoms with Crippen molar-refractivity contribution in [2.24, 2.45) is 17.6 Å². The third kappa shape index (κ3) is 3.52. The predicted octanol–water partition coefficient (Wildman–Crippen LogP) is 0.755. The van der Waals surface area contributed by atoms with Crippen LogP contribution in [0.15, 0.2) is 29.0 Å². The summed E-state index contributed by atoms with van der Waals surface area (Å²) in [6, 6.07) is 2.26. The Balaban J connectivity index is 1.70. The number of phenolic OH excluding ortho intramolecular Hbond substituents is 1. The van der Waals surface area contributed by atoms with Crippen LogP contribution in [-0.4, -0.2) is 88.8 Å². The van der Waals surface area contributed by atoms with Gasteiger partial charge in [-0.3, -0.25) is 24.1 Å². The van der Waals surface area contributed by atoms with Gasteiger partial charge in [0.05, 0.1) is 18.2 Å². The molecule has 11 nitrogen and oxygen atoms in total. The lowest BCUT2D eigenvalue weighted by atomic mass is 9.57. The third-order valence-corrected chi connectivity index (χ3v) is 8.16. The minimum absolute atomic E-state index is 0.0160. The van der Waals surface area contributed by atoms with Gasteiger partial charge in [-0.05, 0) is 56.5 Å². The van der Waals surface area contributed by atoms with Crippen LogP contribution in [0.2, 0.25) is 0 Å². The summed E-state index contributed by atoms with van der Waals surface area (Å²) in [5.74, 6) is -5.42. The third-order valence-electron chi connectivity index (χ3n) is 8.16. The van der Waals surface area contributed by atoms with Crippen molar-refractivity contribution < 1.29 is 39.3 Å². The number of hydrogen-bond acceptors (Lipinski definition) is 10. The van der Waals surface area contributed by atoms with Gasteiger partial charge in [0, 0.05) is 31.7 Å². The van der Waals surface area contributed by atoms with Gasteiger partial charge in [-0.1, -0.05) is 6.07 Å². The average Bonchev–Trinajstić information content (AvgIpc) is 3.33. The lowest BCUT2D eigenvalue weighted by molar-refractivity contribution is -0.159. The standard InChI is InChI=1S/C26H31N3O8/c1-28(2)20-15-10-13-9-14-12(11-29-7-4-8-37-29)5-6-16(30)18(14)21(31)17(13)23(33)26(15,36-3)24(34)19(22(20)32)25(27)35/h5-6,13,15,20,30-31,34H,4,7-11H2,1-3H3,(H2,27,35)/t13-,15-,20+,26-/m0/s1. The van der Waals surface area contributed by atoms with Crippen molar-refractivity contribution >= 4 is 23.2 Å². The molecule has 4 aliphatic rings. The van der Waals surface area contributed by atoms with E-state index in [0.717, 1.165) is 18.5 Å². The summed E-state index contributed by atoms with van der Waals surface area (Å²) >= 11 is 0. The second-order valence-corrected chi connectivity index (χ2v) is 10.3. The largest absolute Gasteiger partial charge is 0.508 e. The zero-order valence-corrected chi connectivity index (χ0v) is 21.0. The van der Waals surface area contributed by atoms with E-state index >= 15 is 0 Å². The number of phenols is 1. The van der Waals surface area contributed by atoms with Crippen molar-refractivity contribution in [3.8, 4) is 5.75 Å². The van der Waals surface area contributed by atoms with Gasteiger partial charge in [0.1, 0.15) is 22.8 Å². The number of hydrogen-bond donors (Lipinski definition) is 4. The fraction of sp³-hybridized carbons (Fsp3) is 0.500. The van der Waals surface area contributed by atoms with Crippen LogP contribution in [0.5, 0.6) is 5.75 Å². The van der Waals surface area contributed by atoms with Crippen molar-refractivity contribution in [1.82, 2.24) is 9.96 Å². The van der Waals surface area contributed by atoms with Gasteiger partial charge in [0.15, 0.2) is 11.4 Å². The average molecular weight is 514 g/mol. The molecule has 0 spiro atoms. The molecule has 0 radical (unpaired) electrons. The predicted molar refractivity (Wildman–Crippen MR) is 130 cm³/mol. The minimum Gasteiger partial charge on any atom is -0.508 e. The van der Waals surface area contributed by atoms with Crippen molar-refractivity contribution in [1.29, 1.82) is 0 Å². The van der Waals surface area contributed by atoms with Crippen LogP contribution < -0.4 is 5.73 Å². The van der Waals surface area contributed by atoms with Crippen molar-refractivity contribution in [2.75, 3.05) is 34.4 Å². The first-order valence-electron chi connectivity index (χ1n) is 12.2. The van der Waals surface area contributed by atoms with E-state index in [1.54, 1.807) is 25.1 Å². The van der Waals surface area contributed by atoms with Gasteiger partial charge in [-0.25, -0.2) is 0 Å². The molecular weight excluding hydrogens is 482 g/mol. The summed E-state index contributed by atoms with van der Waals surface area (Å²) in [7, 11) is 4.49. The number of fused-ring (bicyclic) bond motifs is 3. The summed E-state index contributed by atoms with van der Waals surface area (Å²) in [5.41, 5.74) is 4.34. The summed E-state index contributed by atoms with van der Waals surface area (Å²) < 4.78 is 5.67. The molecule has 0 bridgehead atoms. The monoisotopic (exact) mass is 513 g/mol. The highest BCUT2D eigenvalue weighted by atomic mass is 16.7. The number of benzene rings is 1. The van der Waals surface area contributed by atoms with E-state index in [9.17, 15) is 29.7 Å². The molecule has 11 heteroatoms. The molecule has 5 N–H and O–H groups in total. The highest BCUT2D eigenvalue weighted by Gasteiger charge is 2.65. The Labute approximate surface area is 213 Å². The number of methoxy groups -OCH3 is 1. The first-order valence-corrected chi connectivity index (χ1v) is 12.2. The van der Waals surface area contributed by atoms with E-state index in [1.807, 2.05) is 5.06 Å². The van der Waals surface area contributed by atoms with Gasteiger partial charge in [-0.2, -0.15) is 5.06 Å². The molecule has 1 aromatic carbocycles. The Morgan fingerprint density at radius 3 is 2.59 bits per heavy atom. The molecule has 3 aliphatic carbocycles. The maximum atomic E-state index is 14.2. The van der Waals surface area contributed by atoms with E-state index < -0.39 is 58.0 Å². The van der Waals surface area contributed by atoms with Gasteiger partial charge >= 0.3 is 0 Å². The molecule has 1 aromatic rings. The van der Waals surface area contributed by atoms with E-state index in [4.69, 9.17) is 15.3 Å². The molecular formula is C26H31N3O8. The second kappa shape index (κ2) is 8.95. The van der Waals surface area contributed by atoms with Crippen molar-refractivity contribution in [2.45, 2.75) is 37.5 Å². The zero-order chi connectivity index (χ0) is 26.8. The number of aromatic hydroxyl groups is 1. The molecule has 1 saturated carbocycles. The zero-order valence-electron chi connectivity index (χ0n) is 21.0. The van der Waals surface area contributed by atoms with Crippen LogP contribution >= 0.6 is 0 Å². The molecule has 5 rings (SSSR count). The Morgan fingerprint density at radius 2 is 2.00 bits per heavy atom. The summed E-state index contributed by atoms with van der Waals surface area (Å²) in [4.78, 5) is 46.9. The SMILES string of the molecule is CO[C@]12C(=O)C3=C(O)c4c(O)ccc(CN5CCCO5)c4C[C@H]3C[C@H]1[C@@H](N(C)C)C(=O)C(C(N)=O)=C2O. The van der Waals surface area contributed by atoms with Crippen LogP contribution in [0.4, 0.5) is 0 Å². The number of aliphatic hydroxyl groups is 2. The number of amides is 1. The summed E-state index contributed by atoms with van der Waals surface area (Å²) in [6.45, 7) is 1.82. The Bertz CT molecular complexity index is 1260. The Hall–Kier alpha value is -3.25. The molecule has 1 amide bonds. The number of nitrogens with zero attached hydrogens (tertiary/aromatic N) is 2. The molecule has 0 aromatic heterocycles. The smallest absolute Gasteiger partial charge is 0.255 e. The van der Waals surface area contributed by atoms with Crippen LogP contribution in [0.25, 0.3) is 5.76 Å². The highest BCUT2D eigenvalue weighted by molar-refractivity contribution is 6.24. The Morgan fingerprint density at radius 1 is 1.27 bits per heavy atom. The molecule has 1 saturated heterocycles. The minimum atomic E-state index is -2.10. The number of Topliss-reactive ketones (excluding diaryl/α,β-unsaturated/α-hetero) is 2. The van der Waals surface area contributed by atoms with Gasteiger partial charge in [0.2, 0.25) is 5.78 Å².